The number of H-pyrrole nitrogens is 1. The van der Waals surface area contributed by atoms with Crippen LogP contribution in [0.15, 0.2) is 58.0 Å². The maximum absolute atomic E-state index is 13.1. The fourth-order valence-electron chi connectivity index (χ4n) is 3.86. The lowest BCUT2D eigenvalue weighted by molar-refractivity contribution is 0.400. The first-order valence-corrected chi connectivity index (χ1v) is 9.28. The van der Waals surface area contributed by atoms with Gasteiger partial charge in [0.05, 0.1) is 37.5 Å². The monoisotopic (exact) mass is 402 g/mol. The first kappa shape index (κ1) is 18.1. The van der Waals surface area contributed by atoms with Crippen LogP contribution in [0.2, 0.25) is 0 Å². The lowest BCUT2D eigenvalue weighted by Crippen LogP contribution is -2.03. The lowest BCUT2D eigenvalue weighted by atomic mass is 10.0. The summed E-state index contributed by atoms with van der Waals surface area (Å²) >= 11 is 0. The van der Waals surface area contributed by atoms with E-state index in [1.807, 2.05) is 12.1 Å². The molecule has 150 valence electrons. The van der Waals surface area contributed by atoms with Crippen LogP contribution in [-0.2, 0) is 0 Å². The molecule has 0 spiro atoms. The van der Waals surface area contributed by atoms with E-state index in [1.165, 1.54) is 6.07 Å². The van der Waals surface area contributed by atoms with Gasteiger partial charge >= 0.3 is 0 Å². The summed E-state index contributed by atoms with van der Waals surface area (Å²) in [6.45, 7) is 0. The summed E-state index contributed by atoms with van der Waals surface area (Å²) in [5, 5.41) is 2.55. The minimum absolute atomic E-state index is 0.186. The number of nitrogens with zero attached hydrogens (tertiary/aromatic N) is 1. The maximum atomic E-state index is 13.1. The smallest absolute Gasteiger partial charge is 0.193 e. The van der Waals surface area contributed by atoms with Gasteiger partial charge in [0.2, 0.25) is 0 Å². The third-order valence-electron chi connectivity index (χ3n) is 5.24. The van der Waals surface area contributed by atoms with Crippen molar-refractivity contribution in [3.63, 3.8) is 0 Å². The maximum Gasteiger partial charge on any atom is 0.193 e. The molecule has 3 heterocycles. The number of pyridine rings is 1. The molecule has 0 aliphatic rings. The Morgan fingerprint density at radius 2 is 1.63 bits per heavy atom. The normalized spacial score (nSPS) is 11.3. The number of benzene rings is 2. The van der Waals surface area contributed by atoms with Gasteiger partial charge in [0, 0.05) is 29.4 Å². The van der Waals surface area contributed by atoms with Gasteiger partial charge in [0.1, 0.15) is 28.7 Å². The molecule has 5 rings (SSSR count). The Hall–Kier alpha value is -4.00. The number of rotatable bonds is 4. The molecule has 0 saturated heterocycles. The second kappa shape index (κ2) is 6.81. The van der Waals surface area contributed by atoms with E-state index in [1.54, 1.807) is 51.9 Å². The molecule has 0 bridgehead atoms. The summed E-state index contributed by atoms with van der Waals surface area (Å²) in [5.74, 6) is 2.08. The Kier molecular flexibility index (Phi) is 4.10. The van der Waals surface area contributed by atoms with E-state index in [9.17, 15) is 4.79 Å². The number of aromatic nitrogens is 2. The van der Waals surface area contributed by atoms with Crippen LogP contribution in [0, 0.1) is 0 Å². The van der Waals surface area contributed by atoms with Gasteiger partial charge in [-0.05, 0) is 30.3 Å². The molecule has 5 aromatic rings. The summed E-state index contributed by atoms with van der Waals surface area (Å²) < 4.78 is 23.0. The molecule has 2 aromatic carbocycles. The predicted octanol–water partition coefficient (Wildman–Crippen LogP) is 4.52. The second-order valence-electron chi connectivity index (χ2n) is 6.75. The predicted molar refractivity (Wildman–Crippen MR) is 115 cm³/mol. The summed E-state index contributed by atoms with van der Waals surface area (Å²) in [6.07, 6.45) is 3.49. The van der Waals surface area contributed by atoms with Gasteiger partial charge < -0.3 is 23.6 Å². The second-order valence-corrected chi connectivity index (χ2v) is 6.75. The van der Waals surface area contributed by atoms with Gasteiger partial charge in [0.25, 0.3) is 0 Å². The highest BCUT2D eigenvalue weighted by Gasteiger charge is 2.21. The SMILES string of the molecule is COc1ccc(OC)c2c1c(OC)cc1c(=O)cc(-c3c[nH]c4ncccc34)oc12. The van der Waals surface area contributed by atoms with Crippen LogP contribution in [0.25, 0.3) is 44.1 Å². The van der Waals surface area contributed by atoms with Crippen molar-refractivity contribution in [1.82, 2.24) is 9.97 Å². The van der Waals surface area contributed by atoms with Gasteiger partial charge in [-0.15, -0.1) is 0 Å². The highest BCUT2D eigenvalue weighted by atomic mass is 16.5. The van der Waals surface area contributed by atoms with E-state index in [0.717, 1.165) is 10.9 Å². The first-order chi connectivity index (χ1) is 14.7. The van der Waals surface area contributed by atoms with Gasteiger partial charge in [-0.25, -0.2) is 4.98 Å². The highest BCUT2D eigenvalue weighted by molar-refractivity contribution is 6.13. The summed E-state index contributed by atoms with van der Waals surface area (Å²) in [4.78, 5) is 20.5. The van der Waals surface area contributed by atoms with E-state index in [2.05, 4.69) is 9.97 Å². The minimum Gasteiger partial charge on any atom is -0.496 e. The van der Waals surface area contributed by atoms with E-state index in [-0.39, 0.29) is 5.43 Å². The van der Waals surface area contributed by atoms with E-state index in [0.29, 0.717) is 50.4 Å². The highest BCUT2D eigenvalue weighted by Crippen LogP contribution is 2.44. The lowest BCUT2D eigenvalue weighted by Gasteiger charge is -2.15. The van der Waals surface area contributed by atoms with Crippen LogP contribution in [-0.4, -0.2) is 31.3 Å². The van der Waals surface area contributed by atoms with Crippen molar-refractivity contribution in [3.05, 3.63) is 59.0 Å². The molecule has 0 unspecified atom stereocenters. The molecule has 1 N–H and O–H groups in total. The first-order valence-electron chi connectivity index (χ1n) is 9.28. The minimum atomic E-state index is -0.186. The van der Waals surface area contributed by atoms with E-state index in [4.69, 9.17) is 18.6 Å². The average molecular weight is 402 g/mol. The Labute approximate surface area is 170 Å². The Bertz CT molecular complexity index is 1480. The molecule has 0 amide bonds. The molecular formula is C23H18N2O5. The van der Waals surface area contributed by atoms with Crippen LogP contribution in [0.1, 0.15) is 0 Å². The number of aromatic amines is 1. The van der Waals surface area contributed by atoms with Crippen LogP contribution in [0.4, 0.5) is 0 Å². The zero-order valence-corrected chi connectivity index (χ0v) is 16.6. The van der Waals surface area contributed by atoms with Gasteiger partial charge in [-0.1, -0.05) is 0 Å². The van der Waals surface area contributed by atoms with Crippen molar-refractivity contribution in [3.8, 4) is 28.6 Å². The Morgan fingerprint density at radius 1 is 0.900 bits per heavy atom. The van der Waals surface area contributed by atoms with Crippen LogP contribution >= 0.6 is 0 Å². The number of hydrogen-bond donors (Lipinski definition) is 1. The molecule has 0 atom stereocenters. The van der Waals surface area contributed by atoms with Gasteiger partial charge in [-0.2, -0.15) is 0 Å². The molecule has 0 aliphatic heterocycles. The van der Waals surface area contributed by atoms with Crippen molar-refractivity contribution in [2.24, 2.45) is 0 Å². The van der Waals surface area contributed by atoms with Crippen molar-refractivity contribution in [2.75, 3.05) is 21.3 Å². The molecule has 0 radical (unpaired) electrons. The zero-order chi connectivity index (χ0) is 20.8. The van der Waals surface area contributed by atoms with Crippen LogP contribution in [0.3, 0.4) is 0 Å². The van der Waals surface area contributed by atoms with Crippen LogP contribution < -0.4 is 19.6 Å². The third-order valence-corrected chi connectivity index (χ3v) is 5.24. The topological polar surface area (TPSA) is 86.6 Å². The molecule has 0 aliphatic carbocycles. The molecule has 3 aromatic heterocycles. The largest absolute Gasteiger partial charge is 0.496 e. The molecule has 0 saturated carbocycles. The summed E-state index contributed by atoms with van der Waals surface area (Å²) in [6, 6.07) is 10.5. The number of hydrogen-bond acceptors (Lipinski definition) is 6. The van der Waals surface area contributed by atoms with Crippen molar-refractivity contribution >= 4 is 32.8 Å². The van der Waals surface area contributed by atoms with Gasteiger partial charge in [-0.3, -0.25) is 4.79 Å². The zero-order valence-electron chi connectivity index (χ0n) is 16.6. The van der Waals surface area contributed by atoms with Crippen LogP contribution in [0.5, 0.6) is 17.2 Å². The standard InChI is InChI=1S/C23H18N2O5/c1-27-16-6-7-17(28-2)21-20(16)19(29-3)9-13-15(26)10-18(30-22(13)21)14-11-25-23-12(14)5-4-8-24-23/h4-11H,1-3H3,(H,24,25). The molecule has 7 heteroatoms. The fraction of sp³-hybridized carbons (Fsp3) is 0.130. The average Bonchev–Trinajstić information content (AvgIpc) is 3.22. The number of methoxy groups -OCH3 is 3. The summed E-state index contributed by atoms with van der Waals surface area (Å²) in [5.41, 5.74) is 1.69. The molecular weight excluding hydrogens is 384 g/mol. The number of fused-ring (bicyclic) bond motifs is 4. The fourth-order valence-corrected chi connectivity index (χ4v) is 3.86. The van der Waals surface area contributed by atoms with Crippen molar-refractivity contribution in [1.29, 1.82) is 0 Å². The molecule has 0 fully saturated rings. The third kappa shape index (κ3) is 2.52. The Balaban J connectivity index is 1.95. The number of nitrogens with one attached hydrogen (secondary N) is 1. The van der Waals surface area contributed by atoms with Crippen molar-refractivity contribution < 1.29 is 18.6 Å². The molecule has 7 nitrogen and oxygen atoms in total. The quantitative estimate of drug-likeness (QED) is 0.445. The van der Waals surface area contributed by atoms with E-state index < -0.39 is 0 Å². The van der Waals surface area contributed by atoms with Crippen molar-refractivity contribution in [2.45, 2.75) is 0 Å². The van der Waals surface area contributed by atoms with E-state index >= 15 is 0 Å². The Morgan fingerprint density at radius 3 is 2.37 bits per heavy atom. The van der Waals surface area contributed by atoms with Gasteiger partial charge in [0.15, 0.2) is 11.0 Å². The number of ether oxygens (including phenoxy) is 3. The summed E-state index contributed by atoms with van der Waals surface area (Å²) in [7, 11) is 4.70. The molecule has 30 heavy (non-hydrogen) atoms.